The molecule has 1 N–H and O–H groups in total. The number of fused-ring (bicyclic) bond motifs is 1. The Labute approximate surface area is 178 Å². The number of piperazine rings is 1. The van der Waals surface area contributed by atoms with Crippen LogP contribution in [-0.2, 0) is 4.79 Å². The Kier molecular flexibility index (Phi) is 4.49. The predicted molar refractivity (Wildman–Crippen MR) is 111 cm³/mol. The van der Waals surface area contributed by atoms with Crippen molar-refractivity contribution in [1.82, 2.24) is 14.8 Å². The average molecular weight is 416 g/mol. The first-order valence-electron chi connectivity index (χ1n) is 10.2. The van der Waals surface area contributed by atoms with Crippen molar-refractivity contribution in [2.24, 2.45) is 0 Å². The Morgan fingerprint density at radius 1 is 1.03 bits per heavy atom. The van der Waals surface area contributed by atoms with Gasteiger partial charge in [0.25, 0.3) is 11.8 Å². The number of benzene rings is 2. The molecular formula is C23H20N4O4. The normalized spacial score (nSPS) is 17.4. The first-order chi connectivity index (χ1) is 15.0. The fraction of sp³-hybridized carbons (Fsp3) is 0.304. The third kappa shape index (κ3) is 3.53. The first-order valence-corrected chi connectivity index (χ1v) is 10.2. The monoisotopic (exact) mass is 416 g/mol. The van der Waals surface area contributed by atoms with Gasteiger partial charge < -0.3 is 19.3 Å². The van der Waals surface area contributed by atoms with Gasteiger partial charge in [-0.2, -0.15) is 5.26 Å². The van der Waals surface area contributed by atoms with Gasteiger partial charge in [0.1, 0.15) is 11.1 Å². The maximum absolute atomic E-state index is 12.8. The molecule has 5 rings (SSSR count). The maximum Gasteiger partial charge on any atom is 0.254 e. The number of hydrogen-bond acceptors (Lipinski definition) is 6. The van der Waals surface area contributed by atoms with Gasteiger partial charge in [-0.25, -0.2) is 4.98 Å². The zero-order valence-electron chi connectivity index (χ0n) is 16.7. The molecule has 2 amide bonds. The Morgan fingerprint density at radius 3 is 2.35 bits per heavy atom. The molecule has 1 saturated heterocycles. The van der Waals surface area contributed by atoms with Gasteiger partial charge in [0.05, 0.1) is 11.6 Å². The predicted octanol–water partition coefficient (Wildman–Crippen LogP) is 2.18. The van der Waals surface area contributed by atoms with Crippen LogP contribution in [0.3, 0.4) is 0 Å². The number of aromatic nitrogens is 1. The molecule has 8 nitrogen and oxygen atoms in total. The molecule has 2 heterocycles. The van der Waals surface area contributed by atoms with Gasteiger partial charge in [-0.05, 0) is 49.2 Å². The van der Waals surface area contributed by atoms with E-state index in [1.54, 1.807) is 52.3 Å². The summed E-state index contributed by atoms with van der Waals surface area (Å²) in [6.07, 6.45) is 1.05. The van der Waals surface area contributed by atoms with E-state index >= 15 is 0 Å². The number of carbonyl (C=O) groups is 2. The standard InChI is InChI=1S/C23H20N4O4/c24-14-15-1-6-18-19(13-15)31-20(25-18)16-2-4-17(5-3-16)21(28)26-9-11-27(12-10-26)22(29)23(30)7-8-23/h1-6,13,30H,7-12H2. The van der Waals surface area contributed by atoms with Gasteiger partial charge in [0.15, 0.2) is 5.58 Å². The molecule has 0 radical (unpaired) electrons. The molecule has 1 aromatic heterocycles. The van der Waals surface area contributed by atoms with Crippen molar-refractivity contribution >= 4 is 22.9 Å². The molecular weight excluding hydrogens is 396 g/mol. The summed E-state index contributed by atoms with van der Waals surface area (Å²) in [6.45, 7) is 1.74. The van der Waals surface area contributed by atoms with Gasteiger partial charge in [-0.3, -0.25) is 9.59 Å². The van der Waals surface area contributed by atoms with Crippen molar-refractivity contribution in [3.63, 3.8) is 0 Å². The highest BCUT2D eigenvalue weighted by Crippen LogP contribution is 2.37. The van der Waals surface area contributed by atoms with Crippen molar-refractivity contribution < 1.29 is 19.1 Å². The summed E-state index contributed by atoms with van der Waals surface area (Å²) < 4.78 is 5.76. The topological polar surface area (TPSA) is 111 Å². The highest BCUT2D eigenvalue weighted by atomic mass is 16.3. The van der Waals surface area contributed by atoms with Crippen molar-refractivity contribution in [2.45, 2.75) is 18.4 Å². The van der Waals surface area contributed by atoms with Crippen molar-refractivity contribution in [3.05, 3.63) is 53.6 Å². The Morgan fingerprint density at radius 2 is 1.71 bits per heavy atom. The van der Waals surface area contributed by atoms with Crippen LogP contribution in [0.5, 0.6) is 0 Å². The maximum atomic E-state index is 12.8. The molecule has 0 spiro atoms. The molecule has 0 atom stereocenters. The summed E-state index contributed by atoms with van der Waals surface area (Å²) in [5, 5.41) is 19.0. The molecule has 156 valence electrons. The van der Waals surface area contributed by atoms with Crippen LogP contribution in [0, 0.1) is 11.3 Å². The van der Waals surface area contributed by atoms with E-state index in [9.17, 15) is 14.7 Å². The lowest BCUT2D eigenvalue weighted by atomic mass is 10.1. The van der Waals surface area contributed by atoms with E-state index in [0.29, 0.717) is 67.1 Å². The van der Waals surface area contributed by atoms with Crippen molar-refractivity contribution in [2.75, 3.05) is 26.2 Å². The second-order valence-electron chi connectivity index (χ2n) is 8.01. The Hall–Kier alpha value is -3.70. The summed E-state index contributed by atoms with van der Waals surface area (Å²) in [6, 6.07) is 14.2. The second kappa shape index (κ2) is 7.22. The summed E-state index contributed by atoms with van der Waals surface area (Å²) in [4.78, 5) is 32.9. The smallest absolute Gasteiger partial charge is 0.254 e. The summed E-state index contributed by atoms with van der Waals surface area (Å²) in [5.41, 5.74) is 1.83. The van der Waals surface area contributed by atoms with Gasteiger partial charge in [0, 0.05) is 43.4 Å². The van der Waals surface area contributed by atoms with Crippen LogP contribution in [0.4, 0.5) is 0 Å². The Bertz CT molecular complexity index is 1210. The van der Waals surface area contributed by atoms with E-state index in [4.69, 9.17) is 9.68 Å². The SMILES string of the molecule is N#Cc1ccc2nc(-c3ccc(C(=O)N4CCN(C(=O)C5(O)CC5)CC4)cc3)oc2c1. The van der Waals surface area contributed by atoms with Crippen molar-refractivity contribution in [3.8, 4) is 17.5 Å². The number of hydrogen-bond donors (Lipinski definition) is 1. The minimum absolute atomic E-state index is 0.0972. The lowest BCUT2D eigenvalue weighted by Gasteiger charge is -2.35. The third-order valence-electron chi connectivity index (χ3n) is 5.87. The van der Waals surface area contributed by atoms with Gasteiger partial charge in [-0.1, -0.05) is 0 Å². The highest BCUT2D eigenvalue weighted by molar-refractivity contribution is 5.95. The van der Waals surface area contributed by atoms with Crippen LogP contribution in [-0.4, -0.2) is 63.5 Å². The molecule has 8 heteroatoms. The van der Waals surface area contributed by atoms with Crippen molar-refractivity contribution in [1.29, 1.82) is 5.26 Å². The Balaban J connectivity index is 1.26. The number of nitrogens with zero attached hydrogens (tertiary/aromatic N) is 4. The van der Waals surface area contributed by atoms with Gasteiger partial charge in [-0.15, -0.1) is 0 Å². The van der Waals surface area contributed by atoms with Crippen LogP contribution in [0.2, 0.25) is 0 Å². The third-order valence-corrected chi connectivity index (χ3v) is 5.87. The van der Waals surface area contributed by atoms with E-state index in [1.807, 2.05) is 0 Å². The largest absolute Gasteiger partial charge is 0.436 e. The number of carbonyl (C=O) groups excluding carboxylic acids is 2. The molecule has 31 heavy (non-hydrogen) atoms. The minimum atomic E-state index is -1.16. The lowest BCUT2D eigenvalue weighted by molar-refractivity contribution is -0.143. The minimum Gasteiger partial charge on any atom is -0.436 e. The number of amides is 2. The zero-order chi connectivity index (χ0) is 21.6. The molecule has 1 aliphatic carbocycles. The molecule has 0 bridgehead atoms. The molecule has 1 saturated carbocycles. The summed E-state index contributed by atoms with van der Waals surface area (Å²) in [7, 11) is 0. The average Bonchev–Trinajstić information content (AvgIpc) is 3.42. The van der Waals surface area contributed by atoms with Crippen LogP contribution in [0.25, 0.3) is 22.6 Å². The number of aliphatic hydroxyl groups is 1. The highest BCUT2D eigenvalue weighted by Gasteiger charge is 2.50. The summed E-state index contributed by atoms with van der Waals surface area (Å²) >= 11 is 0. The fourth-order valence-corrected chi connectivity index (χ4v) is 3.79. The molecule has 1 aliphatic heterocycles. The molecule has 3 aromatic rings. The molecule has 2 aromatic carbocycles. The fourth-order valence-electron chi connectivity index (χ4n) is 3.79. The van der Waals surface area contributed by atoms with E-state index in [0.717, 1.165) is 5.56 Å². The van der Waals surface area contributed by atoms with E-state index in [1.165, 1.54) is 0 Å². The lowest BCUT2D eigenvalue weighted by Crippen LogP contribution is -2.53. The van der Waals surface area contributed by atoms with Crippen LogP contribution in [0.1, 0.15) is 28.8 Å². The second-order valence-corrected chi connectivity index (χ2v) is 8.01. The number of rotatable bonds is 3. The molecule has 0 unspecified atom stereocenters. The summed E-state index contributed by atoms with van der Waals surface area (Å²) in [5.74, 6) is 0.110. The van der Waals surface area contributed by atoms with E-state index < -0.39 is 5.60 Å². The quantitative estimate of drug-likeness (QED) is 0.701. The van der Waals surface area contributed by atoms with Gasteiger partial charge in [0.2, 0.25) is 5.89 Å². The van der Waals surface area contributed by atoms with Gasteiger partial charge >= 0.3 is 0 Å². The van der Waals surface area contributed by atoms with Crippen LogP contribution < -0.4 is 0 Å². The molecule has 2 fully saturated rings. The number of nitriles is 1. The zero-order valence-corrected chi connectivity index (χ0v) is 16.7. The molecule has 2 aliphatic rings. The van der Waals surface area contributed by atoms with E-state index in [2.05, 4.69) is 11.1 Å². The van der Waals surface area contributed by atoms with Crippen LogP contribution in [0.15, 0.2) is 46.9 Å². The number of oxazole rings is 1. The van der Waals surface area contributed by atoms with E-state index in [-0.39, 0.29) is 11.8 Å². The van der Waals surface area contributed by atoms with Crippen LogP contribution >= 0.6 is 0 Å². The first kappa shape index (κ1) is 19.3.